The summed E-state index contributed by atoms with van der Waals surface area (Å²) in [5, 5.41) is 3.87. The van der Waals surface area contributed by atoms with Gasteiger partial charge in [0.05, 0.1) is 5.02 Å². The third-order valence-electron chi connectivity index (χ3n) is 4.72. The second kappa shape index (κ2) is 6.92. The Kier molecular flexibility index (Phi) is 4.85. The van der Waals surface area contributed by atoms with Gasteiger partial charge in [-0.15, -0.1) is 0 Å². The Morgan fingerprint density at radius 1 is 1.36 bits per heavy atom. The molecule has 1 aromatic carbocycles. The van der Waals surface area contributed by atoms with Crippen molar-refractivity contribution in [2.75, 3.05) is 6.61 Å². The number of para-hydroxylation sites is 1. The van der Waals surface area contributed by atoms with Gasteiger partial charge in [-0.2, -0.15) is 5.01 Å². The molecule has 7 nitrogen and oxygen atoms in total. The molecule has 0 bridgehead atoms. The van der Waals surface area contributed by atoms with Crippen LogP contribution in [0.15, 0.2) is 24.3 Å². The summed E-state index contributed by atoms with van der Waals surface area (Å²) in [5.41, 5.74) is 1.43. The Hall–Kier alpha value is -2.28. The molecule has 2 aliphatic rings. The lowest BCUT2D eigenvalue weighted by atomic mass is 9.77. The number of nitrogens with one attached hydrogen (secondary N) is 2. The smallest absolute Gasteiger partial charge is 0.344 e. The first kappa shape index (κ1) is 17.5. The molecule has 1 aliphatic carbocycles. The number of nitrogens with zero attached hydrogens (tertiary/aromatic N) is 1. The van der Waals surface area contributed by atoms with Gasteiger partial charge >= 0.3 is 6.03 Å². The number of carbonyl (C=O) groups is 3. The average molecular weight is 366 g/mol. The number of ether oxygens (including phenoxy) is 1. The van der Waals surface area contributed by atoms with Gasteiger partial charge in [-0.3, -0.25) is 15.0 Å². The molecule has 1 saturated carbocycles. The van der Waals surface area contributed by atoms with Crippen LogP contribution in [-0.2, 0) is 9.59 Å². The molecule has 1 spiro atoms. The fraction of sp³-hybridized carbons (Fsp3) is 0.471. The summed E-state index contributed by atoms with van der Waals surface area (Å²) in [5.74, 6) is -0.127. The van der Waals surface area contributed by atoms with E-state index in [1.165, 1.54) is 0 Å². The van der Waals surface area contributed by atoms with Crippen LogP contribution in [0.2, 0.25) is 5.02 Å². The highest BCUT2D eigenvalue weighted by atomic mass is 35.5. The summed E-state index contributed by atoms with van der Waals surface area (Å²) in [6, 6.07) is 6.13. The first-order chi connectivity index (χ1) is 11.9. The standard InChI is InChI=1S/C17H20ClN3O4/c1-11-6-8-17(9-7-11)15(23)21(16(24)19-17)20-14(22)10-25-13-5-3-2-4-12(13)18/h2-5,11H,6-10H2,1H3,(H,19,24)(H,20,22). The zero-order valence-corrected chi connectivity index (χ0v) is 14.6. The van der Waals surface area contributed by atoms with Crippen molar-refractivity contribution in [2.24, 2.45) is 5.92 Å². The number of benzene rings is 1. The molecule has 1 aromatic rings. The number of amides is 4. The van der Waals surface area contributed by atoms with E-state index < -0.39 is 23.4 Å². The molecule has 0 aromatic heterocycles. The highest BCUT2D eigenvalue weighted by molar-refractivity contribution is 6.32. The lowest BCUT2D eigenvalue weighted by molar-refractivity contribution is -0.140. The largest absolute Gasteiger partial charge is 0.482 e. The fourth-order valence-electron chi connectivity index (χ4n) is 3.18. The zero-order chi connectivity index (χ0) is 18.0. The van der Waals surface area contributed by atoms with E-state index in [-0.39, 0.29) is 6.61 Å². The van der Waals surface area contributed by atoms with Gasteiger partial charge in [0.2, 0.25) is 0 Å². The summed E-state index contributed by atoms with van der Waals surface area (Å²) in [6.45, 7) is 1.77. The number of hydrazine groups is 1. The third-order valence-corrected chi connectivity index (χ3v) is 5.03. The van der Waals surface area contributed by atoms with E-state index >= 15 is 0 Å². The molecule has 1 heterocycles. The van der Waals surface area contributed by atoms with Crippen LogP contribution < -0.4 is 15.5 Å². The summed E-state index contributed by atoms with van der Waals surface area (Å²) in [4.78, 5) is 36.8. The summed E-state index contributed by atoms with van der Waals surface area (Å²) < 4.78 is 5.32. The number of hydrogen-bond donors (Lipinski definition) is 2. The van der Waals surface area contributed by atoms with Gasteiger partial charge in [-0.05, 0) is 43.7 Å². The Morgan fingerprint density at radius 2 is 2.04 bits per heavy atom. The van der Waals surface area contributed by atoms with Crippen molar-refractivity contribution in [1.82, 2.24) is 15.8 Å². The van der Waals surface area contributed by atoms with E-state index in [0.29, 0.717) is 29.5 Å². The fourth-order valence-corrected chi connectivity index (χ4v) is 3.37. The van der Waals surface area contributed by atoms with Crippen LogP contribution in [0.5, 0.6) is 5.75 Å². The van der Waals surface area contributed by atoms with Crippen LogP contribution in [0.25, 0.3) is 0 Å². The molecule has 25 heavy (non-hydrogen) atoms. The second-order valence-electron chi connectivity index (χ2n) is 6.59. The van der Waals surface area contributed by atoms with Gasteiger partial charge in [0.25, 0.3) is 11.8 Å². The Balaban J connectivity index is 1.59. The van der Waals surface area contributed by atoms with Crippen LogP contribution in [0.4, 0.5) is 4.79 Å². The maximum absolute atomic E-state index is 12.6. The van der Waals surface area contributed by atoms with Crippen molar-refractivity contribution in [3.63, 3.8) is 0 Å². The number of hydrogen-bond acceptors (Lipinski definition) is 4. The van der Waals surface area contributed by atoms with Gasteiger partial charge in [0.15, 0.2) is 6.61 Å². The Labute approximate surface area is 150 Å². The first-order valence-corrected chi connectivity index (χ1v) is 8.62. The van der Waals surface area contributed by atoms with Crippen molar-refractivity contribution in [3.05, 3.63) is 29.3 Å². The van der Waals surface area contributed by atoms with Crippen LogP contribution in [0.1, 0.15) is 32.6 Å². The van der Waals surface area contributed by atoms with Gasteiger partial charge in [-0.1, -0.05) is 30.7 Å². The quantitative estimate of drug-likeness (QED) is 0.801. The number of rotatable bonds is 4. The van der Waals surface area contributed by atoms with Gasteiger partial charge in [0.1, 0.15) is 11.3 Å². The van der Waals surface area contributed by atoms with E-state index in [2.05, 4.69) is 17.7 Å². The molecule has 4 amide bonds. The third kappa shape index (κ3) is 3.56. The van der Waals surface area contributed by atoms with Crippen molar-refractivity contribution in [2.45, 2.75) is 38.1 Å². The normalized spacial score (nSPS) is 25.8. The predicted octanol–water partition coefficient (Wildman–Crippen LogP) is 2.25. The molecule has 8 heteroatoms. The van der Waals surface area contributed by atoms with Crippen LogP contribution >= 0.6 is 11.6 Å². The molecular formula is C17H20ClN3O4. The second-order valence-corrected chi connectivity index (χ2v) is 7.00. The Bertz CT molecular complexity index is 701. The van der Waals surface area contributed by atoms with Gasteiger partial charge in [-0.25, -0.2) is 4.79 Å². The summed E-state index contributed by atoms with van der Waals surface area (Å²) >= 11 is 5.95. The molecule has 3 rings (SSSR count). The minimum absolute atomic E-state index is 0.356. The number of carbonyl (C=O) groups excluding carboxylic acids is 3. The Morgan fingerprint density at radius 3 is 2.72 bits per heavy atom. The SMILES string of the molecule is CC1CCC2(CC1)NC(=O)N(NC(=O)COc1ccccc1Cl)C2=O. The molecule has 0 radical (unpaired) electrons. The van der Waals surface area contributed by atoms with Crippen molar-refractivity contribution >= 4 is 29.4 Å². The van der Waals surface area contributed by atoms with E-state index in [9.17, 15) is 14.4 Å². The minimum atomic E-state index is -0.888. The van der Waals surface area contributed by atoms with Crippen molar-refractivity contribution < 1.29 is 19.1 Å². The highest BCUT2D eigenvalue weighted by Crippen LogP contribution is 2.35. The maximum atomic E-state index is 12.6. The lowest BCUT2D eigenvalue weighted by Crippen LogP contribution is -2.52. The molecule has 1 aliphatic heterocycles. The van der Waals surface area contributed by atoms with Gasteiger partial charge in [0, 0.05) is 0 Å². The van der Waals surface area contributed by atoms with Crippen LogP contribution in [0, 0.1) is 5.92 Å². The monoisotopic (exact) mass is 365 g/mol. The maximum Gasteiger partial charge on any atom is 0.344 e. The molecule has 0 unspecified atom stereocenters. The molecule has 2 fully saturated rings. The first-order valence-electron chi connectivity index (χ1n) is 8.25. The van der Waals surface area contributed by atoms with E-state index in [4.69, 9.17) is 16.3 Å². The van der Waals surface area contributed by atoms with Crippen molar-refractivity contribution in [3.8, 4) is 5.75 Å². The van der Waals surface area contributed by atoms with E-state index in [0.717, 1.165) is 17.9 Å². The van der Waals surface area contributed by atoms with Crippen LogP contribution in [-0.4, -0.2) is 35.0 Å². The highest BCUT2D eigenvalue weighted by Gasteiger charge is 2.52. The lowest BCUT2D eigenvalue weighted by Gasteiger charge is -2.33. The number of urea groups is 1. The average Bonchev–Trinajstić information content (AvgIpc) is 2.81. The molecule has 2 N–H and O–H groups in total. The topological polar surface area (TPSA) is 87.7 Å². The molecular weight excluding hydrogens is 346 g/mol. The summed E-state index contributed by atoms with van der Waals surface area (Å²) in [6.07, 6.45) is 2.90. The molecule has 0 atom stereocenters. The van der Waals surface area contributed by atoms with Crippen LogP contribution in [0.3, 0.4) is 0 Å². The molecule has 1 saturated heterocycles. The minimum Gasteiger partial charge on any atom is -0.482 e. The number of imide groups is 1. The summed E-state index contributed by atoms with van der Waals surface area (Å²) in [7, 11) is 0. The van der Waals surface area contributed by atoms with Crippen molar-refractivity contribution in [1.29, 1.82) is 0 Å². The van der Waals surface area contributed by atoms with Gasteiger partial charge < -0.3 is 10.1 Å². The number of halogens is 1. The zero-order valence-electron chi connectivity index (χ0n) is 13.9. The van der Waals surface area contributed by atoms with E-state index in [1.807, 2.05) is 0 Å². The predicted molar refractivity (Wildman–Crippen MR) is 90.8 cm³/mol. The molecule has 134 valence electrons. The van der Waals surface area contributed by atoms with E-state index in [1.54, 1.807) is 24.3 Å².